The lowest BCUT2D eigenvalue weighted by Gasteiger charge is -2.12. The van der Waals surface area contributed by atoms with Crippen LogP contribution in [0.15, 0.2) is 40.9 Å². The van der Waals surface area contributed by atoms with Gasteiger partial charge in [-0.2, -0.15) is 10.2 Å². The molecule has 0 saturated heterocycles. The van der Waals surface area contributed by atoms with Gasteiger partial charge in [-0.3, -0.25) is 14.9 Å². The van der Waals surface area contributed by atoms with Crippen LogP contribution in [0.1, 0.15) is 31.4 Å². The van der Waals surface area contributed by atoms with Crippen LogP contribution in [0.2, 0.25) is 0 Å². The van der Waals surface area contributed by atoms with Crippen molar-refractivity contribution in [3.8, 4) is 34.7 Å². The predicted molar refractivity (Wildman–Crippen MR) is 123 cm³/mol. The second-order valence-electron chi connectivity index (χ2n) is 7.60. The average molecular weight is 505 g/mol. The number of rotatable bonds is 10. The molecule has 0 fully saturated rings. The molecule has 3 aromatic rings. The van der Waals surface area contributed by atoms with Crippen molar-refractivity contribution in [1.29, 1.82) is 5.26 Å². The summed E-state index contributed by atoms with van der Waals surface area (Å²) in [5, 5.41) is 33.6. The van der Waals surface area contributed by atoms with Gasteiger partial charge in [-0.1, -0.05) is 11.2 Å². The van der Waals surface area contributed by atoms with Gasteiger partial charge in [0.15, 0.2) is 0 Å². The molecule has 0 aliphatic heterocycles. The zero-order valence-corrected chi connectivity index (χ0v) is 19.5. The second-order valence-corrected chi connectivity index (χ2v) is 7.60. The SMILES string of the molecule is CC(C)Oc1ccc(-c2nc(-c3ccc(CNC(CC(=O)O)C(=O)O)cc3F)no2)cc1C#N.Cl. The fourth-order valence-corrected chi connectivity index (χ4v) is 3.07. The third-order valence-corrected chi connectivity index (χ3v) is 4.64. The van der Waals surface area contributed by atoms with Crippen LogP contribution in [-0.4, -0.2) is 44.4 Å². The molecule has 3 rings (SSSR count). The Hall–Kier alpha value is -4.01. The number of aromatic nitrogens is 2. The van der Waals surface area contributed by atoms with Gasteiger partial charge in [-0.15, -0.1) is 12.4 Å². The molecular formula is C23H22ClFN4O6. The van der Waals surface area contributed by atoms with Gasteiger partial charge >= 0.3 is 11.9 Å². The first kappa shape index (κ1) is 27.2. The van der Waals surface area contributed by atoms with Gasteiger partial charge in [-0.05, 0) is 49.7 Å². The first-order chi connectivity index (χ1) is 16.2. The molecule has 35 heavy (non-hydrogen) atoms. The summed E-state index contributed by atoms with van der Waals surface area (Å²) in [5.41, 5.74) is 1.21. The molecule has 1 aromatic heterocycles. The number of hydrogen-bond donors (Lipinski definition) is 3. The molecule has 1 atom stereocenters. The minimum atomic E-state index is -1.32. The number of carbonyl (C=O) groups is 2. The van der Waals surface area contributed by atoms with Crippen molar-refractivity contribution in [2.24, 2.45) is 0 Å². The molecule has 0 spiro atoms. The van der Waals surface area contributed by atoms with E-state index in [4.69, 9.17) is 19.5 Å². The van der Waals surface area contributed by atoms with E-state index < -0.39 is 30.2 Å². The van der Waals surface area contributed by atoms with Gasteiger partial charge in [0, 0.05) is 12.1 Å². The number of aliphatic carboxylic acids is 2. The molecule has 3 N–H and O–H groups in total. The number of carboxylic acid groups (broad SMARTS) is 2. The highest BCUT2D eigenvalue weighted by Gasteiger charge is 2.21. The number of nitrogens with one attached hydrogen (secondary N) is 1. The summed E-state index contributed by atoms with van der Waals surface area (Å²) in [6.45, 7) is 3.63. The van der Waals surface area contributed by atoms with Crippen LogP contribution in [0.5, 0.6) is 5.75 Å². The monoisotopic (exact) mass is 504 g/mol. The van der Waals surface area contributed by atoms with Crippen molar-refractivity contribution >= 4 is 24.3 Å². The van der Waals surface area contributed by atoms with E-state index in [0.717, 1.165) is 0 Å². The highest BCUT2D eigenvalue weighted by Crippen LogP contribution is 2.28. The maximum atomic E-state index is 14.7. The Labute approximate surface area is 205 Å². The van der Waals surface area contributed by atoms with Crippen molar-refractivity contribution in [2.75, 3.05) is 0 Å². The lowest BCUT2D eigenvalue weighted by molar-refractivity contribution is -0.146. The summed E-state index contributed by atoms with van der Waals surface area (Å²) < 4.78 is 25.5. The number of nitriles is 1. The molecule has 0 bridgehead atoms. The number of carboxylic acids is 2. The van der Waals surface area contributed by atoms with E-state index in [1.807, 2.05) is 13.8 Å². The van der Waals surface area contributed by atoms with E-state index in [-0.39, 0.29) is 47.9 Å². The highest BCUT2D eigenvalue weighted by molar-refractivity contribution is 5.85. The summed E-state index contributed by atoms with van der Waals surface area (Å²) in [4.78, 5) is 26.1. The molecule has 184 valence electrons. The van der Waals surface area contributed by atoms with E-state index in [9.17, 15) is 19.2 Å². The minimum absolute atomic E-state index is 0. The average Bonchev–Trinajstić information content (AvgIpc) is 3.26. The van der Waals surface area contributed by atoms with Crippen molar-refractivity contribution in [3.05, 3.63) is 53.3 Å². The zero-order chi connectivity index (χ0) is 24.8. The lowest BCUT2D eigenvalue weighted by Crippen LogP contribution is -2.38. The molecular weight excluding hydrogens is 483 g/mol. The van der Waals surface area contributed by atoms with Crippen molar-refractivity contribution in [1.82, 2.24) is 15.5 Å². The minimum Gasteiger partial charge on any atom is -0.490 e. The van der Waals surface area contributed by atoms with Gasteiger partial charge in [0.05, 0.1) is 23.7 Å². The van der Waals surface area contributed by atoms with E-state index in [0.29, 0.717) is 16.9 Å². The van der Waals surface area contributed by atoms with Crippen LogP contribution in [0.25, 0.3) is 22.8 Å². The molecule has 10 nitrogen and oxygen atoms in total. The van der Waals surface area contributed by atoms with Crippen LogP contribution in [0.4, 0.5) is 4.39 Å². The van der Waals surface area contributed by atoms with Gasteiger partial charge in [0.1, 0.15) is 23.7 Å². The van der Waals surface area contributed by atoms with Crippen molar-refractivity contribution < 1.29 is 33.5 Å². The van der Waals surface area contributed by atoms with Crippen LogP contribution in [0.3, 0.4) is 0 Å². The Kier molecular flexibility index (Phi) is 9.27. The van der Waals surface area contributed by atoms with E-state index >= 15 is 0 Å². The largest absolute Gasteiger partial charge is 0.490 e. The Morgan fingerprint density at radius 3 is 2.57 bits per heavy atom. The zero-order valence-electron chi connectivity index (χ0n) is 18.7. The van der Waals surface area contributed by atoms with Crippen molar-refractivity contribution in [2.45, 2.75) is 39.0 Å². The molecule has 0 amide bonds. The van der Waals surface area contributed by atoms with E-state index in [2.05, 4.69) is 21.5 Å². The van der Waals surface area contributed by atoms with Crippen LogP contribution >= 0.6 is 12.4 Å². The number of halogens is 2. The standard InChI is InChI=1S/C23H21FN4O6.ClH/c1-12(2)33-19-6-4-14(8-15(19)10-25)22-27-21(28-34-22)16-5-3-13(7-17(16)24)11-26-18(23(31)32)9-20(29)30;/h3-8,12,18,26H,9,11H2,1-2H3,(H,29,30)(H,31,32);1H. The van der Waals surface area contributed by atoms with Gasteiger partial charge in [0.2, 0.25) is 5.82 Å². The number of nitrogens with zero attached hydrogens (tertiary/aromatic N) is 3. The van der Waals surface area contributed by atoms with Gasteiger partial charge in [-0.25, -0.2) is 4.39 Å². The Morgan fingerprint density at radius 2 is 1.97 bits per heavy atom. The smallest absolute Gasteiger partial charge is 0.321 e. The molecule has 2 aromatic carbocycles. The van der Waals surface area contributed by atoms with Gasteiger partial charge in [0.25, 0.3) is 5.89 Å². The fourth-order valence-electron chi connectivity index (χ4n) is 3.07. The van der Waals surface area contributed by atoms with E-state index in [1.54, 1.807) is 12.1 Å². The van der Waals surface area contributed by atoms with Crippen LogP contribution in [0, 0.1) is 17.1 Å². The topological polar surface area (TPSA) is 159 Å². The van der Waals surface area contributed by atoms with Crippen LogP contribution in [-0.2, 0) is 16.1 Å². The first-order valence-electron chi connectivity index (χ1n) is 10.2. The molecule has 0 aliphatic rings. The Bertz CT molecular complexity index is 1260. The quantitative estimate of drug-likeness (QED) is 0.372. The molecule has 0 saturated carbocycles. The maximum Gasteiger partial charge on any atom is 0.321 e. The van der Waals surface area contributed by atoms with Gasteiger partial charge < -0.3 is 19.5 Å². The maximum absolute atomic E-state index is 14.7. The summed E-state index contributed by atoms with van der Waals surface area (Å²) in [5.74, 6) is -2.76. The Morgan fingerprint density at radius 1 is 1.23 bits per heavy atom. The number of hydrogen-bond acceptors (Lipinski definition) is 8. The molecule has 0 radical (unpaired) electrons. The third kappa shape index (κ3) is 6.99. The fraction of sp³-hybridized carbons (Fsp3) is 0.261. The molecule has 1 heterocycles. The number of benzene rings is 2. The summed E-state index contributed by atoms with van der Waals surface area (Å²) in [6.07, 6.45) is -0.721. The third-order valence-electron chi connectivity index (χ3n) is 4.64. The first-order valence-corrected chi connectivity index (χ1v) is 10.2. The number of ether oxygens (including phenoxy) is 1. The second kappa shape index (κ2) is 11.9. The Balaban J connectivity index is 0.00000432. The normalized spacial score (nSPS) is 11.4. The lowest BCUT2D eigenvalue weighted by atomic mass is 10.1. The molecule has 12 heteroatoms. The van der Waals surface area contributed by atoms with E-state index in [1.165, 1.54) is 24.3 Å². The summed E-state index contributed by atoms with van der Waals surface area (Å²) in [6, 6.07) is 9.67. The van der Waals surface area contributed by atoms with Crippen molar-refractivity contribution in [3.63, 3.8) is 0 Å². The summed E-state index contributed by atoms with van der Waals surface area (Å²) >= 11 is 0. The highest BCUT2D eigenvalue weighted by atomic mass is 35.5. The summed E-state index contributed by atoms with van der Waals surface area (Å²) in [7, 11) is 0. The predicted octanol–water partition coefficient (Wildman–Crippen LogP) is 3.64. The molecule has 1 unspecified atom stereocenters. The molecule has 0 aliphatic carbocycles. The van der Waals surface area contributed by atoms with Crippen LogP contribution < -0.4 is 10.1 Å².